The van der Waals surface area contributed by atoms with E-state index >= 15 is 0 Å². The fourth-order valence-electron chi connectivity index (χ4n) is 4.56. The average molecular weight is 489 g/mol. The van der Waals surface area contributed by atoms with E-state index in [0.29, 0.717) is 43.3 Å². The lowest BCUT2D eigenvalue weighted by Gasteiger charge is -2.26. The fraction of sp³-hybridized carbons (Fsp3) is 0.480. The summed E-state index contributed by atoms with van der Waals surface area (Å²) in [5, 5.41) is 13.0. The molecule has 0 saturated carbocycles. The van der Waals surface area contributed by atoms with E-state index in [2.05, 4.69) is 5.32 Å². The highest BCUT2D eigenvalue weighted by Gasteiger charge is 2.27. The van der Waals surface area contributed by atoms with Crippen molar-refractivity contribution in [3.8, 4) is 11.5 Å². The zero-order valence-corrected chi connectivity index (χ0v) is 20.3. The number of nitrogens with zero attached hydrogens (tertiary/aromatic N) is 1. The van der Waals surface area contributed by atoms with Gasteiger partial charge in [-0.25, -0.2) is 8.42 Å². The molecular weight excluding hydrogens is 456 g/mol. The lowest BCUT2D eigenvalue weighted by Crippen LogP contribution is -2.35. The Labute approximate surface area is 200 Å². The smallest absolute Gasteiger partial charge is 0.262 e. The number of carbonyl (C=O) groups is 1. The normalized spacial score (nSPS) is 18.7. The number of carbonyl (C=O) groups excluding carboxylic acids is 1. The van der Waals surface area contributed by atoms with Gasteiger partial charge in [0.1, 0.15) is 11.5 Å². The summed E-state index contributed by atoms with van der Waals surface area (Å²) in [5.74, 6) is 0.550. The van der Waals surface area contributed by atoms with Crippen molar-refractivity contribution in [3.63, 3.8) is 0 Å². The number of hydrogen-bond donors (Lipinski definition) is 2. The van der Waals surface area contributed by atoms with Gasteiger partial charge in [0, 0.05) is 13.1 Å². The topological polar surface area (TPSA) is 105 Å². The Hall–Kier alpha value is -2.62. The van der Waals surface area contributed by atoms with Crippen LogP contribution in [0.3, 0.4) is 0 Å². The molecule has 34 heavy (non-hydrogen) atoms. The summed E-state index contributed by atoms with van der Waals surface area (Å²) in [7, 11) is -3.65. The number of anilines is 1. The van der Waals surface area contributed by atoms with E-state index in [1.807, 2.05) is 19.1 Å². The van der Waals surface area contributed by atoms with Crippen molar-refractivity contribution in [2.75, 3.05) is 31.6 Å². The van der Waals surface area contributed by atoms with E-state index in [-0.39, 0.29) is 11.5 Å². The van der Waals surface area contributed by atoms with Crippen molar-refractivity contribution in [2.45, 2.75) is 56.4 Å². The predicted molar refractivity (Wildman–Crippen MR) is 129 cm³/mol. The molecule has 2 aromatic rings. The number of sulfonamides is 1. The van der Waals surface area contributed by atoms with Gasteiger partial charge in [-0.3, -0.25) is 4.79 Å². The number of amides is 1. The molecule has 1 aliphatic carbocycles. The first-order valence-corrected chi connectivity index (χ1v) is 13.3. The van der Waals surface area contributed by atoms with E-state index < -0.39 is 22.0 Å². The number of piperidine rings is 1. The molecular formula is C25H32N2O6S. The first-order chi connectivity index (χ1) is 16.4. The Kier molecular flexibility index (Phi) is 7.75. The third-order valence-electron chi connectivity index (χ3n) is 6.27. The van der Waals surface area contributed by atoms with Crippen LogP contribution in [-0.2, 0) is 21.2 Å². The number of nitrogens with one attached hydrogen (secondary N) is 1. The molecule has 1 heterocycles. The number of ether oxygens (including phenoxy) is 2. The Morgan fingerprint density at radius 2 is 1.88 bits per heavy atom. The summed E-state index contributed by atoms with van der Waals surface area (Å²) in [6, 6.07) is 10.0. The van der Waals surface area contributed by atoms with Crippen LogP contribution in [0.5, 0.6) is 11.5 Å². The number of rotatable bonds is 8. The number of benzene rings is 2. The number of fused-ring (bicyclic) bond motifs is 1. The first kappa shape index (κ1) is 24.5. The second-order valence-electron chi connectivity index (χ2n) is 8.62. The molecule has 1 amide bonds. The van der Waals surface area contributed by atoms with Gasteiger partial charge in [0.15, 0.2) is 6.61 Å². The third-order valence-corrected chi connectivity index (χ3v) is 8.16. The van der Waals surface area contributed by atoms with Crippen LogP contribution in [0.4, 0.5) is 5.69 Å². The van der Waals surface area contributed by atoms with E-state index in [0.717, 1.165) is 43.2 Å². The highest BCUT2D eigenvalue weighted by Crippen LogP contribution is 2.35. The maximum Gasteiger partial charge on any atom is 0.262 e. The molecule has 8 nitrogen and oxygen atoms in total. The molecule has 0 bridgehead atoms. The van der Waals surface area contributed by atoms with Gasteiger partial charge in [-0.1, -0.05) is 18.6 Å². The second-order valence-corrected chi connectivity index (χ2v) is 10.6. The van der Waals surface area contributed by atoms with Gasteiger partial charge in [-0.05, 0) is 74.4 Å². The minimum Gasteiger partial charge on any atom is -0.492 e. The van der Waals surface area contributed by atoms with Crippen molar-refractivity contribution < 1.29 is 27.8 Å². The van der Waals surface area contributed by atoms with Crippen LogP contribution in [0.15, 0.2) is 41.3 Å². The van der Waals surface area contributed by atoms with Gasteiger partial charge in [0.25, 0.3) is 5.91 Å². The Morgan fingerprint density at radius 1 is 1.09 bits per heavy atom. The van der Waals surface area contributed by atoms with E-state index in [9.17, 15) is 18.3 Å². The number of aliphatic hydroxyl groups excluding tert-OH is 1. The zero-order valence-electron chi connectivity index (χ0n) is 19.5. The average Bonchev–Trinajstić information content (AvgIpc) is 2.85. The van der Waals surface area contributed by atoms with Gasteiger partial charge < -0.3 is 19.9 Å². The molecule has 1 aliphatic heterocycles. The number of aliphatic hydroxyl groups is 1. The quantitative estimate of drug-likeness (QED) is 0.588. The van der Waals surface area contributed by atoms with Crippen molar-refractivity contribution in [1.29, 1.82) is 0 Å². The Bertz CT molecular complexity index is 1130. The summed E-state index contributed by atoms with van der Waals surface area (Å²) in [4.78, 5) is 12.9. The highest BCUT2D eigenvalue weighted by atomic mass is 32.2. The van der Waals surface area contributed by atoms with Gasteiger partial charge >= 0.3 is 0 Å². The molecule has 184 valence electrons. The van der Waals surface area contributed by atoms with Gasteiger partial charge in [-0.2, -0.15) is 4.31 Å². The molecule has 2 aromatic carbocycles. The molecule has 0 aromatic heterocycles. The van der Waals surface area contributed by atoms with E-state index in [1.54, 1.807) is 12.1 Å². The molecule has 1 unspecified atom stereocenters. The molecule has 1 saturated heterocycles. The molecule has 4 rings (SSSR count). The summed E-state index contributed by atoms with van der Waals surface area (Å²) in [6.45, 7) is 2.94. The summed E-state index contributed by atoms with van der Waals surface area (Å²) in [6.07, 6.45) is 4.56. The molecule has 1 fully saturated rings. The molecule has 0 spiro atoms. The van der Waals surface area contributed by atoms with Gasteiger partial charge in [0.2, 0.25) is 10.0 Å². The molecule has 2 aliphatic rings. The molecule has 9 heteroatoms. The summed E-state index contributed by atoms with van der Waals surface area (Å²) >= 11 is 0. The van der Waals surface area contributed by atoms with Crippen LogP contribution in [-0.4, -0.2) is 50.0 Å². The van der Waals surface area contributed by atoms with Crippen molar-refractivity contribution >= 4 is 21.6 Å². The van der Waals surface area contributed by atoms with E-state index in [1.165, 1.54) is 16.4 Å². The Balaban J connectivity index is 1.49. The van der Waals surface area contributed by atoms with Crippen molar-refractivity contribution in [3.05, 3.63) is 47.5 Å². The summed E-state index contributed by atoms with van der Waals surface area (Å²) < 4.78 is 39.1. The first-order valence-electron chi connectivity index (χ1n) is 11.9. The van der Waals surface area contributed by atoms with Crippen molar-refractivity contribution in [1.82, 2.24) is 4.31 Å². The number of hydrogen-bond acceptors (Lipinski definition) is 6. The maximum absolute atomic E-state index is 13.1. The van der Waals surface area contributed by atoms with Crippen LogP contribution in [0.1, 0.15) is 56.3 Å². The minimum atomic E-state index is -3.65. The molecule has 0 radical (unpaired) electrons. The lowest BCUT2D eigenvalue weighted by molar-refractivity contribution is -0.118. The van der Waals surface area contributed by atoms with Crippen LogP contribution < -0.4 is 14.8 Å². The second kappa shape index (κ2) is 10.8. The van der Waals surface area contributed by atoms with Crippen LogP contribution in [0, 0.1) is 0 Å². The van der Waals surface area contributed by atoms with Gasteiger partial charge in [0.05, 0.1) is 23.3 Å². The maximum atomic E-state index is 13.1. The lowest BCUT2D eigenvalue weighted by atomic mass is 9.89. The van der Waals surface area contributed by atoms with E-state index in [4.69, 9.17) is 9.47 Å². The highest BCUT2D eigenvalue weighted by molar-refractivity contribution is 7.89. The van der Waals surface area contributed by atoms with Crippen LogP contribution in [0.2, 0.25) is 0 Å². The summed E-state index contributed by atoms with van der Waals surface area (Å²) in [5.41, 5.74) is 2.07. The zero-order chi connectivity index (χ0) is 24.1. The SMILES string of the molecule is CCOc1ccc(S(=O)(=O)N2CCCCC2)cc1NC(=O)COc1cccc2c1CCCC2O. The minimum absolute atomic E-state index is 0.125. The monoisotopic (exact) mass is 488 g/mol. The molecule has 1 atom stereocenters. The fourth-order valence-corrected chi connectivity index (χ4v) is 6.10. The van der Waals surface area contributed by atoms with Crippen molar-refractivity contribution in [2.24, 2.45) is 0 Å². The van der Waals surface area contributed by atoms with Crippen LogP contribution >= 0.6 is 0 Å². The largest absolute Gasteiger partial charge is 0.492 e. The Morgan fingerprint density at radius 3 is 2.65 bits per heavy atom. The van der Waals surface area contributed by atoms with Gasteiger partial charge in [-0.15, -0.1) is 0 Å². The standard InChI is InChI=1S/C25H32N2O6S/c1-2-32-24-13-12-18(34(30,31)27-14-4-3-5-15-27)16-21(24)26-25(29)17-33-23-11-7-8-19-20(23)9-6-10-22(19)28/h7-8,11-13,16,22,28H,2-6,9-10,14-15,17H2,1H3,(H,26,29). The predicted octanol–water partition coefficient (Wildman–Crippen LogP) is 3.65. The third kappa shape index (κ3) is 5.37. The molecule has 2 N–H and O–H groups in total. The van der Waals surface area contributed by atoms with Crippen LogP contribution in [0.25, 0.3) is 0 Å².